The van der Waals surface area contributed by atoms with Crippen molar-refractivity contribution >= 4 is 0 Å². The van der Waals surface area contributed by atoms with Gasteiger partial charge in [0.2, 0.25) is 5.95 Å². The number of halogens is 2. The molecule has 0 bridgehead atoms. The highest BCUT2D eigenvalue weighted by Gasteiger charge is 2.22. The van der Waals surface area contributed by atoms with Crippen molar-refractivity contribution in [3.8, 4) is 11.1 Å². The van der Waals surface area contributed by atoms with Gasteiger partial charge in [-0.25, -0.2) is 9.37 Å². The Morgan fingerprint density at radius 1 is 0.960 bits per heavy atom. The van der Waals surface area contributed by atoms with E-state index in [4.69, 9.17) is 0 Å². The molecule has 1 aliphatic rings. The fourth-order valence-corrected chi connectivity index (χ4v) is 3.99. The van der Waals surface area contributed by atoms with Gasteiger partial charge in [0.1, 0.15) is 0 Å². The summed E-state index contributed by atoms with van der Waals surface area (Å²) in [5, 5.41) is 0. The summed E-state index contributed by atoms with van der Waals surface area (Å²) in [5.41, 5.74) is 2.86. The predicted octanol–water partition coefficient (Wildman–Crippen LogP) is 6.88. The fourth-order valence-electron chi connectivity index (χ4n) is 3.99. The average molecular weight is 343 g/mol. The number of nitrogens with zero attached hydrogens (tertiary/aromatic N) is 1. The molecule has 0 unspecified atom stereocenters. The Morgan fingerprint density at radius 3 is 2.32 bits per heavy atom. The lowest BCUT2D eigenvalue weighted by Crippen LogP contribution is -2.13. The molecule has 1 aromatic carbocycles. The quantitative estimate of drug-likeness (QED) is 0.411. The van der Waals surface area contributed by atoms with Crippen LogP contribution in [0.25, 0.3) is 11.1 Å². The Hall–Kier alpha value is -1.77. The molecule has 2 aromatic rings. The van der Waals surface area contributed by atoms with Crippen LogP contribution in [0.3, 0.4) is 0 Å². The molecule has 1 heterocycles. The molecule has 1 aliphatic carbocycles. The molecule has 1 aromatic heterocycles. The zero-order chi connectivity index (χ0) is 17.6. The Balaban J connectivity index is 1.59. The summed E-state index contributed by atoms with van der Waals surface area (Å²) in [6, 6.07) is 9.48. The van der Waals surface area contributed by atoms with Crippen LogP contribution in [-0.2, 0) is 0 Å². The number of benzene rings is 1. The second-order valence-corrected chi connectivity index (χ2v) is 7.33. The third kappa shape index (κ3) is 4.65. The maximum Gasteiger partial charge on any atom is 0.248 e. The lowest BCUT2D eigenvalue weighted by molar-refractivity contribution is 0.303. The molecule has 1 nitrogen and oxygen atoms in total. The molecule has 3 rings (SSSR count). The lowest BCUT2D eigenvalue weighted by Gasteiger charge is -2.29. The maximum atomic E-state index is 13.3. The van der Waals surface area contributed by atoms with Crippen molar-refractivity contribution in [2.75, 3.05) is 0 Å². The Kier molecular flexibility index (Phi) is 6.17. The van der Waals surface area contributed by atoms with E-state index in [9.17, 15) is 8.78 Å². The van der Waals surface area contributed by atoms with Crippen LogP contribution >= 0.6 is 0 Å². The topological polar surface area (TPSA) is 12.9 Å². The van der Waals surface area contributed by atoms with Gasteiger partial charge in [0.15, 0.2) is 5.82 Å². The molecule has 134 valence electrons. The van der Waals surface area contributed by atoms with Crippen LogP contribution in [0.2, 0.25) is 0 Å². The molecular weight excluding hydrogens is 316 g/mol. The minimum atomic E-state index is -1.05. The molecule has 1 saturated carbocycles. The normalized spacial score (nSPS) is 20.6. The highest BCUT2D eigenvalue weighted by Crippen LogP contribution is 2.38. The number of unbranched alkanes of at least 4 members (excludes halogenated alkanes) is 2. The lowest BCUT2D eigenvalue weighted by atomic mass is 9.77. The summed E-state index contributed by atoms with van der Waals surface area (Å²) < 4.78 is 26.3. The van der Waals surface area contributed by atoms with Crippen molar-refractivity contribution in [3.63, 3.8) is 0 Å². The first-order valence-electron chi connectivity index (χ1n) is 9.58. The van der Waals surface area contributed by atoms with Gasteiger partial charge in [-0.3, -0.25) is 0 Å². The van der Waals surface area contributed by atoms with Gasteiger partial charge in [-0.15, -0.1) is 0 Å². The van der Waals surface area contributed by atoms with Crippen LogP contribution in [0, 0.1) is 17.7 Å². The summed E-state index contributed by atoms with van der Waals surface area (Å²) >= 11 is 0. The van der Waals surface area contributed by atoms with E-state index in [1.165, 1.54) is 69.2 Å². The van der Waals surface area contributed by atoms with Gasteiger partial charge in [-0.1, -0.05) is 56.9 Å². The standard InChI is InChI=1S/C22H27F2N/c1-2-3-4-5-16-6-8-17(9-7-16)18-10-12-19(13-11-18)20-14-21(23)22(24)25-15-20/h10-17H,2-9H2,1H3/t16-,17-. The maximum absolute atomic E-state index is 13.3. The summed E-state index contributed by atoms with van der Waals surface area (Å²) in [5.74, 6) is -0.395. The molecule has 0 radical (unpaired) electrons. The Labute approximate surface area is 149 Å². The first-order valence-corrected chi connectivity index (χ1v) is 9.58. The fraction of sp³-hybridized carbons (Fsp3) is 0.500. The van der Waals surface area contributed by atoms with Gasteiger partial charge >= 0.3 is 0 Å². The second kappa shape index (κ2) is 8.55. The van der Waals surface area contributed by atoms with Gasteiger partial charge in [-0.05, 0) is 54.7 Å². The largest absolute Gasteiger partial charge is 0.248 e. The number of rotatable bonds is 6. The van der Waals surface area contributed by atoms with Crippen molar-refractivity contribution in [1.82, 2.24) is 4.98 Å². The van der Waals surface area contributed by atoms with E-state index in [0.717, 1.165) is 11.5 Å². The average Bonchev–Trinajstić information content (AvgIpc) is 2.65. The first-order chi connectivity index (χ1) is 12.2. The van der Waals surface area contributed by atoms with E-state index >= 15 is 0 Å². The zero-order valence-corrected chi connectivity index (χ0v) is 15.0. The van der Waals surface area contributed by atoms with Crippen molar-refractivity contribution in [1.29, 1.82) is 0 Å². The Bertz CT molecular complexity index is 673. The molecule has 3 heteroatoms. The van der Waals surface area contributed by atoms with E-state index in [2.05, 4.69) is 24.0 Å². The summed E-state index contributed by atoms with van der Waals surface area (Å²) in [6.07, 6.45) is 12.0. The molecule has 1 fully saturated rings. The van der Waals surface area contributed by atoms with Gasteiger partial charge < -0.3 is 0 Å². The molecule has 25 heavy (non-hydrogen) atoms. The third-order valence-electron chi connectivity index (χ3n) is 5.57. The monoisotopic (exact) mass is 343 g/mol. The zero-order valence-electron chi connectivity index (χ0n) is 15.0. The first kappa shape index (κ1) is 18.0. The number of hydrogen-bond acceptors (Lipinski definition) is 1. The number of aromatic nitrogens is 1. The van der Waals surface area contributed by atoms with Crippen LogP contribution in [-0.4, -0.2) is 4.98 Å². The molecule has 0 N–H and O–H groups in total. The Morgan fingerprint density at radius 2 is 1.68 bits per heavy atom. The van der Waals surface area contributed by atoms with Gasteiger partial charge in [0.05, 0.1) is 0 Å². The van der Waals surface area contributed by atoms with Gasteiger partial charge in [-0.2, -0.15) is 4.39 Å². The van der Waals surface area contributed by atoms with Crippen LogP contribution in [0.4, 0.5) is 8.78 Å². The molecule has 0 spiro atoms. The van der Waals surface area contributed by atoms with Crippen molar-refractivity contribution in [2.24, 2.45) is 5.92 Å². The van der Waals surface area contributed by atoms with E-state index in [0.29, 0.717) is 11.5 Å². The summed E-state index contributed by atoms with van der Waals surface area (Å²) in [7, 11) is 0. The van der Waals surface area contributed by atoms with Crippen molar-refractivity contribution in [2.45, 2.75) is 64.2 Å². The number of pyridine rings is 1. The van der Waals surface area contributed by atoms with Gasteiger partial charge in [0.25, 0.3) is 0 Å². The van der Waals surface area contributed by atoms with Crippen LogP contribution < -0.4 is 0 Å². The van der Waals surface area contributed by atoms with Crippen LogP contribution in [0.5, 0.6) is 0 Å². The van der Waals surface area contributed by atoms with Crippen LogP contribution in [0.15, 0.2) is 36.5 Å². The van der Waals surface area contributed by atoms with Crippen molar-refractivity contribution < 1.29 is 8.78 Å². The molecule has 0 atom stereocenters. The molecule has 0 saturated heterocycles. The minimum absolute atomic E-state index is 0.616. The van der Waals surface area contributed by atoms with E-state index in [-0.39, 0.29) is 0 Å². The highest BCUT2D eigenvalue weighted by atomic mass is 19.2. The van der Waals surface area contributed by atoms with E-state index in [1.54, 1.807) is 0 Å². The number of hydrogen-bond donors (Lipinski definition) is 0. The molecule has 0 amide bonds. The van der Waals surface area contributed by atoms with E-state index < -0.39 is 11.8 Å². The summed E-state index contributed by atoms with van der Waals surface area (Å²) in [4.78, 5) is 3.46. The third-order valence-corrected chi connectivity index (χ3v) is 5.57. The highest BCUT2D eigenvalue weighted by molar-refractivity contribution is 5.62. The summed E-state index contributed by atoms with van der Waals surface area (Å²) in [6.45, 7) is 2.26. The smallest absolute Gasteiger partial charge is 0.225 e. The molecular formula is C22H27F2N. The SMILES string of the molecule is CCCCC[C@H]1CC[C@H](c2ccc(-c3cnc(F)c(F)c3)cc2)CC1. The minimum Gasteiger partial charge on any atom is -0.225 e. The predicted molar refractivity (Wildman–Crippen MR) is 98.4 cm³/mol. The second-order valence-electron chi connectivity index (χ2n) is 7.33. The van der Waals surface area contributed by atoms with Gasteiger partial charge in [0, 0.05) is 11.8 Å². The molecule has 0 aliphatic heterocycles. The van der Waals surface area contributed by atoms with E-state index in [1.807, 2.05) is 12.1 Å². The van der Waals surface area contributed by atoms with Crippen molar-refractivity contribution in [3.05, 3.63) is 53.9 Å². The van der Waals surface area contributed by atoms with Crippen LogP contribution in [0.1, 0.15) is 69.8 Å².